The van der Waals surface area contributed by atoms with E-state index in [0.29, 0.717) is 17.1 Å². The number of carbonyl (C=O) groups excluding carboxylic acids is 1. The zero-order valence-electron chi connectivity index (χ0n) is 8.94. The van der Waals surface area contributed by atoms with E-state index in [0.717, 1.165) is 26.2 Å². The van der Waals surface area contributed by atoms with Crippen LogP contribution in [0, 0.1) is 0 Å². The number of hydrogen-bond acceptors (Lipinski definition) is 5. The molecule has 0 unspecified atom stereocenters. The van der Waals surface area contributed by atoms with Gasteiger partial charge < -0.3 is 21.7 Å². The second-order valence-electron chi connectivity index (χ2n) is 3.74. The molecule has 1 aromatic rings. The van der Waals surface area contributed by atoms with E-state index in [2.05, 4.69) is 10.3 Å². The first-order chi connectivity index (χ1) is 7.68. The van der Waals surface area contributed by atoms with Gasteiger partial charge in [-0.2, -0.15) is 0 Å². The van der Waals surface area contributed by atoms with E-state index < -0.39 is 5.91 Å². The average Bonchev–Trinajstić information content (AvgIpc) is 2.30. The lowest BCUT2D eigenvalue weighted by molar-refractivity contribution is 0.100. The first-order valence-corrected chi connectivity index (χ1v) is 5.19. The van der Waals surface area contributed by atoms with Crippen molar-refractivity contribution < 1.29 is 4.79 Å². The van der Waals surface area contributed by atoms with Gasteiger partial charge in [0, 0.05) is 26.2 Å². The highest BCUT2D eigenvalue weighted by Gasteiger charge is 2.18. The summed E-state index contributed by atoms with van der Waals surface area (Å²) in [6.45, 7) is 3.39. The number of nitrogens with zero attached hydrogens (tertiary/aromatic N) is 2. The van der Waals surface area contributed by atoms with Crippen LogP contribution in [-0.4, -0.2) is 37.1 Å². The molecule has 5 N–H and O–H groups in total. The van der Waals surface area contributed by atoms with Crippen molar-refractivity contribution in [1.29, 1.82) is 0 Å². The molecular formula is C10H15N5O. The van der Waals surface area contributed by atoms with Crippen molar-refractivity contribution in [1.82, 2.24) is 10.3 Å². The quantitative estimate of drug-likeness (QED) is 0.605. The smallest absolute Gasteiger partial charge is 0.252 e. The van der Waals surface area contributed by atoms with Crippen LogP contribution in [0.2, 0.25) is 0 Å². The molecule has 86 valence electrons. The predicted octanol–water partition coefficient (Wildman–Crippen LogP) is -0.828. The molecular weight excluding hydrogens is 206 g/mol. The molecule has 0 radical (unpaired) electrons. The van der Waals surface area contributed by atoms with E-state index in [4.69, 9.17) is 11.5 Å². The monoisotopic (exact) mass is 221 g/mol. The van der Waals surface area contributed by atoms with Gasteiger partial charge in [0.1, 0.15) is 5.82 Å². The van der Waals surface area contributed by atoms with Crippen LogP contribution in [0.5, 0.6) is 0 Å². The summed E-state index contributed by atoms with van der Waals surface area (Å²) in [7, 11) is 0. The number of piperazine rings is 1. The van der Waals surface area contributed by atoms with E-state index in [1.807, 2.05) is 4.90 Å². The molecule has 0 atom stereocenters. The van der Waals surface area contributed by atoms with Crippen molar-refractivity contribution in [3.05, 3.63) is 17.8 Å². The Morgan fingerprint density at radius 3 is 2.75 bits per heavy atom. The van der Waals surface area contributed by atoms with Crippen LogP contribution in [-0.2, 0) is 0 Å². The zero-order chi connectivity index (χ0) is 11.5. The van der Waals surface area contributed by atoms with Crippen molar-refractivity contribution >= 4 is 17.4 Å². The average molecular weight is 221 g/mol. The van der Waals surface area contributed by atoms with Crippen LogP contribution in [0.1, 0.15) is 10.4 Å². The summed E-state index contributed by atoms with van der Waals surface area (Å²) in [5, 5.41) is 3.23. The highest BCUT2D eigenvalue weighted by Crippen LogP contribution is 2.19. The molecule has 0 aromatic carbocycles. The number of anilines is 2. The molecule has 1 aromatic heterocycles. The van der Waals surface area contributed by atoms with E-state index in [9.17, 15) is 4.79 Å². The fraction of sp³-hybridized carbons (Fsp3) is 0.400. The molecule has 1 amide bonds. The van der Waals surface area contributed by atoms with Gasteiger partial charge in [-0.15, -0.1) is 0 Å². The minimum Gasteiger partial charge on any atom is -0.397 e. The number of hydrogen-bond donors (Lipinski definition) is 3. The van der Waals surface area contributed by atoms with Gasteiger partial charge in [-0.05, 0) is 6.07 Å². The van der Waals surface area contributed by atoms with Gasteiger partial charge in [0.2, 0.25) is 0 Å². The molecule has 6 nitrogen and oxygen atoms in total. The molecule has 0 bridgehead atoms. The maximum absolute atomic E-state index is 11.3. The summed E-state index contributed by atoms with van der Waals surface area (Å²) >= 11 is 0. The fourth-order valence-electron chi connectivity index (χ4n) is 1.78. The van der Waals surface area contributed by atoms with Crippen LogP contribution in [0.15, 0.2) is 12.3 Å². The molecule has 0 spiro atoms. The molecule has 1 fully saturated rings. The minimum atomic E-state index is -0.492. The summed E-state index contributed by atoms with van der Waals surface area (Å²) < 4.78 is 0. The fourth-order valence-corrected chi connectivity index (χ4v) is 1.78. The third-order valence-electron chi connectivity index (χ3n) is 2.57. The largest absolute Gasteiger partial charge is 0.397 e. The molecule has 16 heavy (non-hydrogen) atoms. The van der Waals surface area contributed by atoms with Crippen LogP contribution in [0.3, 0.4) is 0 Å². The Labute approximate surface area is 93.6 Å². The maximum atomic E-state index is 11.3. The van der Waals surface area contributed by atoms with Crippen molar-refractivity contribution in [3.63, 3.8) is 0 Å². The summed E-state index contributed by atoms with van der Waals surface area (Å²) in [5.74, 6) is 0.136. The molecule has 1 saturated heterocycles. The van der Waals surface area contributed by atoms with Gasteiger partial charge >= 0.3 is 0 Å². The normalized spacial score (nSPS) is 16.1. The molecule has 0 saturated carbocycles. The Hall–Kier alpha value is -1.82. The van der Waals surface area contributed by atoms with Gasteiger partial charge in [0.25, 0.3) is 5.91 Å². The second-order valence-corrected chi connectivity index (χ2v) is 3.74. The van der Waals surface area contributed by atoms with Crippen LogP contribution >= 0.6 is 0 Å². The Balaban J connectivity index is 2.34. The highest BCUT2D eigenvalue weighted by molar-refractivity contribution is 5.98. The van der Waals surface area contributed by atoms with Crippen molar-refractivity contribution in [2.45, 2.75) is 0 Å². The van der Waals surface area contributed by atoms with Crippen molar-refractivity contribution in [2.24, 2.45) is 5.73 Å². The molecule has 0 aliphatic carbocycles. The third-order valence-corrected chi connectivity index (χ3v) is 2.57. The lowest BCUT2D eigenvalue weighted by Gasteiger charge is -2.29. The number of aromatic nitrogens is 1. The third kappa shape index (κ3) is 2.06. The van der Waals surface area contributed by atoms with Gasteiger partial charge in [-0.1, -0.05) is 0 Å². The Morgan fingerprint density at radius 2 is 2.12 bits per heavy atom. The van der Waals surface area contributed by atoms with E-state index in [-0.39, 0.29) is 0 Å². The van der Waals surface area contributed by atoms with E-state index in [1.54, 1.807) is 12.3 Å². The van der Waals surface area contributed by atoms with Crippen LogP contribution < -0.4 is 21.7 Å². The van der Waals surface area contributed by atoms with Gasteiger partial charge in [-0.25, -0.2) is 4.98 Å². The Bertz CT molecular complexity index is 400. The number of amides is 1. The first-order valence-electron chi connectivity index (χ1n) is 5.19. The Kier molecular flexibility index (Phi) is 2.91. The van der Waals surface area contributed by atoms with E-state index >= 15 is 0 Å². The number of carbonyl (C=O) groups is 1. The van der Waals surface area contributed by atoms with Gasteiger partial charge in [-0.3, -0.25) is 4.79 Å². The maximum Gasteiger partial charge on any atom is 0.252 e. The highest BCUT2D eigenvalue weighted by atomic mass is 16.1. The summed E-state index contributed by atoms with van der Waals surface area (Å²) in [6, 6.07) is 1.58. The predicted molar refractivity (Wildman–Crippen MR) is 62.3 cm³/mol. The molecule has 1 aliphatic rings. The minimum absolute atomic E-state index is 0.391. The lowest BCUT2D eigenvalue weighted by atomic mass is 10.2. The number of nitrogens with two attached hydrogens (primary N) is 2. The first kappa shape index (κ1) is 10.7. The van der Waals surface area contributed by atoms with Crippen LogP contribution in [0.4, 0.5) is 11.5 Å². The van der Waals surface area contributed by atoms with Gasteiger partial charge in [0.05, 0.1) is 17.4 Å². The number of pyridine rings is 1. The lowest BCUT2D eigenvalue weighted by Crippen LogP contribution is -2.44. The second kappa shape index (κ2) is 4.36. The number of nitrogens with one attached hydrogen (secondary N) is 1. The molecule has 6 heteroatoms. The number of primary amides is 1. The summed E-state index contributed by atoms with van der Waals surface area (Å²) in [4.78, 5) is 17.5. The van der Waals surface area contributed by atoms with Crippen molar-refractivity contribution in [2.75, 3.05) is 36.8 Å². The SMILES string of the molecule is NC(=O)c1cc(N)cnc1N1CCNCC1. The zero-order valence-corrected chi connectivity index (χ0v) is 8.94. The van der Waals surface area contributed by atoms with E-state index in [1.165, 1.54) is 0 Å². The Morgan fingerprint density at radius 1 is 1.44 bits per heavy atom. The summed E-state index contributed by atoms with van der Waals surface area (Å²) in [5.41, 5.74) is 11.7. The number of nitrogen functional groups attached to an aromatic ring is 1. The van der Waals surface area contributed by atoms with Crippen molar-refractivity contribution in [3.8, 4) is 0 Å². The topological polar surface area (TPSA) is 97.3 Å². The number of rotatable bonds is 2. The standard InChI is InChI=1S/C10H15N5O/c11-7-5-8(9(12)16)10(14-6-7)15-3-1-13-2-4-15/h5-6,13H,1-4,11H2,(H2,12,16). The molecule has 2 heterocycles. The van der Waals surface area contributed by atoms with Gasteiger partial charge in [0.15, 0.2) is 0 Å². The summed E-state index contributed by atoms with van der Waals surface area (Å²) in [6.07, 6.45) is 1.55. The molecule has 1 aliphatic heterocycles. The molecule has 2 rings (SSSR count). The van der Waals surface area contributed by atoms with Crippen LogP contribution in [0.25, 0.3) is 0 Å².